The van der Waals surface area contributed by atoms with Crippen LogP contribution in [0.5, 0.6) is 0 Å². The minimum atomic E-state index is -0.343. The van der Waals surface area contributed by atoms with E-state index in [0.29, 0.717) is 5.69 Å². The van der Waals surface area contributed by atoms with Crippen LogP contribution in [0, 0.1) is 5.92 Å². The number of pyridine rings is 1. The van der Waals surface area contributed by atoms with E-state index in [9.17, 15) is 4.79 Å². The van der Waals surface area contributed by atoms with Gasteiger partial charge >= 0.3 is 0 Å². The molecule has 0 saturated carbocycles. The first-order valence-corrected chi connectivity index (χ1v) is 6.42. The Bertz CT molecular complexity index is 421. The summed E-state index contributed by atoms with van der Waals surface area (Å²) in [5.41, 5.74) is 3.40. The predicted molar refractivity (Wildman–Crippen MR) is 69.6 cm³/mol. The fraction of sp³-hybridized carbons (Fsp3) is 0.538. The first-order valence-electron chi connectivity index (χ1n) is 6.42. The topological polar surface area (TPSA) is 71.2 Å². The number of rotatable bonds is 4. The van der Waals surface area contributed by atoms with Gasteiger partial charge in [0.2, 0.25) is 0 Å². The van der Waals surface area contributed by atoms with E-state index in [2.05, 4.69) is 22.2 Å². The van der Waals surface area contributed by atoms with Gasteiger partial charge in [0, 0.05) is 13.1 Å². The summed E-state index contributed by atoms with van der Waals surface area (Å²) in [6.07, 6.45) is 2.50. The lowest BCUT2D eigenvalue weighted by Gasteiger charge is -2.15. The van der Waals surface area contributed by atoms with Crippen molar-refractivity contribution < 1.29 is 4.79 Å². The highest BCUT2D eigenvalue weighted by Crippen LogP contribution is 2.20. The minimum absolute atomic E-state index is 0.343. The molecule has 0 aromatic carbocycles. The van der Waals surface area contributed by atoms with Crippen LogP contribution in [-0.4, -0.2) is 28.9 Å². The van der Waals surface area contributed by atoms with E-state index in [1.54, 1.807) is 6.07 Å². The number of nitrogens with zero attached hydrogens (tertiary/aromatic N) is 2. The Kier molecular flexibility index (Phi) is 4.28. The van der Waals surface area contributed by atoms with Crippen molar-refractivity contribution in [2.45, 2.75) is 26.3 Å². The summed E-state index contributed by atoms with van der Waals surface area (Å²) in [5, 5.41) is 0. The van der Waals surface area contributed by atoms with Crippen molar-refractivity contribution in [2.75, 3.05) is 13.1 Å². The lowest BCUT2D eigenvalue weighted by molar-refractivity contribution is 0.0948. The summed E-state index contributed by atoms with van der Waals surface area (Å²) in [4.78, 5) is 18.1. The number of hydrogen-bond acceptors (Lipinski definition) is 4. The number of aromatic nitrogens is 1. The van der Waals surface area contributed by atoms with Crippen LogP contribution in [0.15, 0.2) is 18.2 Å². The van der Waals surface area contributed by atoms with Crippen LogP contribution in [0.4, 0.5) is 0 Å². The molecule has 0 aliphatic carbocycles. The second-order valence-electron chi connectivity index (χ2n) is 4.79. The lowest BCUT2D eigenvalue weighted by Crippen LogP contribution is -2.31. The maximum absolute atomic E-state index is 11.4. The van der Waals surface area contributed by atoms with E-state index in [4.69, 9.17) is 5.84 Å². The largest absolute Gasteiger partial charge is 0.297 e. The third kappa shape index (κ3) is 3.05. The van der Waals surface area contributed by atoms with E-state index in [1.165, 1.54) is 12.8 Å². The maximum atomic E-state index is 11.4. The summed E-state index contributed by atoms with van der Waals surface area (Å²) in [6, 6.07) is 5.47. The van der Waals surface area contributed by atoms with Crippen LogP contribution in [0.1, 0.15) is 35.9 Å². The molecule has 5 heteroatoms. The Hall–Kier alpha value is -1.46. The lowest BCUT2D eigenvalue weighted by atomic mass is 10.1. The molecule has 1 unspecified atom stereocenters. The Morgan fingerprint density at radius 3 is 3.11 bits per heavy atom. The average Bonchev–Trinajstić information content (AvgIpc) is 2.86. The first-order chi connectivity index (χ1) is 8.72. The molecule has 5 nitrogen and oxygen atoms in total. The van der Waals surface area contributed by atoms with Crippen molar-refractivity contribution in [3.63, 3.8) is 0 Å². The molecule has 2 rings (SSSR count). The fourth-order valence-corrected chi connectivity index (χ4v) is 2.39. The van der Waals surface area contributed by atoms with Gasteiger partial charge < -0.3 is 0 Å². The zero-order valence-electron chi connectivity index (χ0n) is 10.7. The minimum Gasteiger partial charge on any atom is -0.297 e. The van der Waals surface area contributed by atoms with Crippen molar-refractivity contribution >= 4 is 5.91 Å². The molecule has 0 spiro atoms. The number of nitrogens with one attached hydrogen (secondary N) is 1. The Balaban J connectivity index is 1.99. The predicted octanol–water partition coefficient (Wildman–Crippen LogP) is 0.917. The third-order valence-corrected chi connectivity index (χ3v) is 3.50. The van der Waals surface area contributed by atoms with Gasteiger partial charge in [0.05, 0.1) is 5.69 Å². The highest BCUT2D eigenvalue weighted by molar-refractivity contribution is 5.91. The number of hydrazine groups is 1. The van der Waals surface area contributed by atoms with Gasteiger partial charge in [-0.15, -0.1) is 0 Å². The molecule has 1 fully saturated rings. The molecular formula is C13H20N4O. The third-order valence-electron chi connectivity index (χ3n) is 3.50. The smallest absolute Gasteiger partial charge is 0.283 e. The Labute approximate surface area is 107 Å². The van der Waals surface area contributed by atoms with Gasteiger partial charge in [-0.25, -0.2) is 10.8 Å². The van der Waals surface area contributed by atoms with Crippen molar-refractivity contribution in [3.05, 3.63) is 29.6 Å². The molecule has 1 aliphatic heterocycles. The second kappa shape index (κ2) is 5.93. The molecule has 1 aromatic rings. The van der Waals surface area contributed by atoms with Crippen molar-refractivity contribution in [1.29, 1.82) is 0 Å². The molecule has 0 bridgehead atoms. The van der Waals surface area contributed by atoms with Gasteiger partial charge in [-0.3, -0.25) is 15.1 Å². The average molecular weight is 248 g/mol. The van der Waals surface area contributed by atoms with E-state index in [1.807, 2.05) is 12.1 Å². The number of nitrogen functional groups attached to an aromatic ring is 1. The first kappa shape index (κ1) is 13.0. The SMILES string of the molecule is CCC1CCN(Cc2cccc(C(=O)NN)n2)C1. The van der Waals surface area contributed by atoms with Crippen LogP contribution in [0.3, 0.4) is 0 Å². The van der Waals surface area contributed by atoms with Gasteiger partial charge in [0.25, 0.3) is 5.91 Å². The molecule has 0 radical (unpaired) electrons. The molecule has 1 amide bonds. The zero-order valence-corrected chi connectivity index (χ0v) is 10.7. The van der Waals surface area contributed by atoms with Crippen molar-refractivity contribution in [2.24, 2.45) is 11.8 Å². The second-order valence-corrected chi connectivity index (χ2v) is 4.79. The summed E-state index contributed by atoms with van der Waals surface area (Å²) in [7, 11) is 0. The van der Waals surface area contributed by atoms with Gasteiger partial charge in [0.1, 0.15) is 5.69 Å². The zero-order chi connectivity index (χ0) is 13.0. The molecule has 1 aliphatic rings. The number of hydrogen-bond donors (Lipinski definition) is 2. The van der Waals surface area contributed by atoms with Crippen LogP contribution >= 0.6 is 0 Å². The molecule has 1 saturated heterocycles. The summed E-state index contributed by atoms with van der Waals surface area (Å²) >= 11 is 0. The van der Waals surface area contributed by atoms with Crippen LogP contribution in [0.25, 0.3) is 0 Å². The molecule has 1 atom stereocenters. The Morgan fingerprint density at radius 2 is 2.44 bits per heavy atom. The summed E-state index contributed by atoms with van der Waals surface area (Å²) in [6.45, 7) is 5.29. The molecule has 1 aromatic heterocycles. The number of amides is 1. The molecule has 3 N–H and O–H groups in total. The van der Waals surface area contributed by atoms with Crippen LogP contribution in [-0.2, 0) is 6.54 Å². The van der Waals surface area contributed by atoms with Gasteiger partial charge in [0.15, 0.2) is 0 Å². The highest BCUT2D eigenvalue weighted by atomic mass is 16.2. The normalized spacial score (nSPS) is 20.0. The fourth-order valence-electron chi connectivity index (χ4n) is 2.39. The van der Waals surface area contributed by atoms with E-state index >= 15 is 0 Å². The molecule has 18 heavy (non-hydrogen) atoms. The highest BCUT2D eigenvalue weighted by Gasteiger charge is 2.21. The monoisotopic (exact) mass is 248 g/mol. The van der Waals surface area contributed by atoms with Gasteiger partial charge in [-0.1, -0.05) is 19.4 Å². The van der Waals surface area contributed by atoms with Crippen molar-refractivity contribution in [1.82, 2.24) is 15.3 Å². The summed E-state index contributed by atoms with van der Waals surface area (Å²) in [5.74, 6) is 5.57. The maximum Gasteiger partial charge on any atom is 0.283 e. The standard InChI is InChI=1S/C13H20N4O/c1-2-10-6-7-17(8-10)9-11-4-3-5-12(15-11)13(18)16-14/h3-5,10H,2,6-9,14H2,1H3,(H,16,18). The van der Waals surface area contributed by atoms with Gasteiger partial charge in [-0.05, 0) is 31.0 Å². The van der Waals surface area contributed by atoms with E-state index in [0.717, 1.165) is 31.2 Å². The molecule has 2 heterocycles. The number of likely N-dealkylation sites (tertiary alicyclic amines) is 1. The van der Waals surface area contributed by atoms with Crippen LogP contribution in [0.2, 0.25) is 0 Å². The van der Waals surface area contributed by atoms with Crippen LogP contribution < -0.4 is 11.3 Å². The van der Waals surface area contributed by atoms with E-state index in [-0.39, 0.29) is 5.91 Å². The molecular weight excluding hydrogens is 228 g/mol. The molecule has 98 valence electrons. The van der Waals surface area contributed by atoms with E-state index < -0.39 is 0 Å². The number of nitrogens with two attached hydrogens (primary N) is 1. The van der Waals surface area contributed by atoms with Gasteiger partial charge in [-0.2, -0.15) is 0 Å². The summed E-state index contributed by atoms with van der Waals surface area (Å²) < 4.78 is 0. The number of carbonyl (C=O) groups excluding carboxylic acids is 1. The number of carbonyl (C=O) groups is 1. The Morgan fingerprint density at radius 1 is 1.61 bits per heavy atom. The quantitative estimate of drug-likeness (QED) is 0.472. The van der Waals surface area contributed by atoms with Crippen molar-refractivity contribution in [3.8, 4) is 0 Å².